The molecular weight excluding hydrogens is 464 g/mol. The average molecular weight is 491 g/mol. The molecule has 0 bridgehead atoms. The molecule has 1 unspecified atom stereocenters. The third-order valence-electron chi connectivity index (χ3n) is 6.35. The fraction of sp³-hybridized carbons (Fsp3) is 0.360. The SMILES string of the molecule is Cc1cc(-c2ccc(C(=O)Nc3cc4oc(N5CCOCC5)nc4nc3N3CCC(O)C3)o2)ccn1. The van der Waals surface area contributed by atoms with Gasteiger partial charge in [-0.05, 0) is 37.6 Å². The number of aromatic nitrogens is 3. The number of fused-ring (bicyclic) bond motifs is 1. The van der Waals surface area contributed by atoms with Gasteiger partial charge in [0, 0.05) is 49.7 Å². The Morgan fingerprint density at radius 3 is 2.72 bits per heavy atom. The second kappa shape index (κ2) is 9.25. The number of nitrogens with one attached hydrogen (secondary N) is 1. The molecule has 0 spiro atoms. The van der Waals surface area contributed by atoms with E-state index in [1.54, 1.807) is 24.4 Å². The minimum absolute atomic E-state index is 0.165. The molecule has 0 aliphatic carbocycles. The first kappa shape index (κ1) is 22.5. The number of pyridine rings is 2. The Morgan fingerprint density at radius 1 is 1.08 bits per heavy atom. The van der Waals surface area contributed by atoms with E-state index in [1.165, 1.54) is 0 Å². The van der Waals surface area contributed by atoms with Gasteiger partial charge in [-0.15, -0.1) is 0 Å². The largest absolute Gasteiger partial charge is 0.451 e. The zero-order chi connectivity index (χ0) is 24.6. The van der Waals surface area contributed by atoms with Gasteiger partial charge in [0.1, 0.15) is 5.76 Å². The van der Waals surface area contributed by atoms with Crippen molar-refractivity contribution in [3.05, 3.63) is 48.0 Å². The maximum Gasteiger partial charge on any atom is 0.300 e. The summed E-state index contributed by atoms with van der Waals surface area (Å²) in [4.78, 5) is 30.6. The number of ether oxygens (including phenoxy) is 1. The van der Waals surface area contributed by atoms with Gasteiger partial charge < -0.3 is 33.8 Å². The molecule has 4 aromatic rings. The molecule has 1 atom stereocenters. The maximum absolute atomic E-state index is 13.2. The Hall–Kier alpha value is -3.96. The van der Waals surface area contributed by atoms with Crippen LogP contribution in [0.15, 0.2) is 45.4 Å². The Balaban J connectivity index is 1.31. The van der Waals surface area contributed by atoms with Gasteiger partial charge in [-0.1, -0.05) is 0 Å². The molecule has 186 valence electrons. The summed E-state index contributed by atoms with van der Waals surface area (Å²) in [5.74, 6) is 0.860. The summed E-state index contributed by atoms with van der Waals surface area (Å²) < 4.78 is 17.3. The molecule has 6 heterocycles. The lowest BCUT2D eigenvalue weighted by atomic mass is 10.2. The van der Waals surface area contributed by atoms with Gasteiger partial charge in [0.2, 0.25) is 5.65 Å². The van der Waals surface area contributed by atoms with Crippen LogP contribution in [0.25, 0.3) is 22.6 Å². The number of hydrogen-bond acceptors (Lipinski definition) is 10. The lowest BCUT2D eigenvalue weighted by Crippen LogP contribution is -2.36. The third-order valence-corrected chi connectivity index (χ3v) is 6.35. The molecule has 0 saturated carbocycles. The number of anilines is 3. The summed E-state index contributed by atoms with van der Waals surface area (Å²) in [6.45, 7) is 5.50. The second-order valence-electron chi connectivity index (χ2n) is 8.97. The number of carbonyl (C=O) groups excluding carboxylic acids is 1. The summed E-state index contributed by atoms with van der Waals surface area (Å²) in [5, 5.41) is 13.0. The zero-order valence-corrected chi connectivity index (χ0v) is 19.8. The topological polar surface area (TPSA) is 130 Å². The van der Waals surface area contributed by atoms with Gasteiger partial charge in [0.15, 0.2) is 17.2 Å². The number of oxazole rings is 1. The number of morpholine rings is 1. The van der Waals surface area contributed by atoms with Crippen LogP contribution in [-0.4, -0.2) is 71.5 Å². The van der Waals surface area contributed by atoms with Gasteiger partial charge in [0.05, 0.1) is 25.0 Å². The molecule has 1 amide bonds. The molecule has 2 aliphatic heterocycles. The highest BCUT2D eigenvalue weighted by Gasteiger charge is 2.27. The van der Waals surface area contributed by atoms with E-state index in [9.17, 15) is 9.90 Å². The number of aryl methyl sites for hydroxylation is 1. The minimum atomic E-state index is -0.455. The fourth-order valence-electron chi connectivity index (χ4n) is 4.50. The van der Waals surface area contributed by atoms with E-state index in [0.717, 1.165) is 11.3 Å². The van der Waals surface area contributed by atoms with Crippen molar-refractivity contribution >= 4 is 34.7 Å². The number of aliphatic hydroxyl groups excluding tert-OH is 1. The number of aliphatic hydroxyl groups is 1. The quantitative estimate of drug-likeness (QED) is 0.431. The predicted molar refractivity (Wildman–Crippen MR) is 132 cm³/mol. The summed E-state index contributed by atoms with van der Waals surface area (Å²) in [7, 11) is 0. The Labute approximate surface area is 206 Å². The number of β-amino-alcohol motifs (C(OH)–C–C–N with tert-alkyl or cyclic N) is 1. The lowest BCUT2D eigenvalue weighted by molar-refractivity contribution is 0.0997. The Morgan fingerprint density at radius 2 is 1.94 bits per heavy atom. The van der Waals surface area contributed by atoms with Crippen LogP contribution >= 0.6 is 0 Å². The first-order valence-electron chi connectivity index (χ1n) is 11.9. The molecule has 6 rings (SSSR count). The molecule has 36 heavy (non-hydrogen) atoms. The van der Waals surface area contributed by atoms with E-state index >= 15 is 0 Å². The van der Waals surface area contributed by atoms with E-state index in [4.69, 9.17) is 18.6 Å². The van der Waals surface area contributed by atoms with Crippen molar-refractivity contribution in [2.45, 2.75) is 19.4 Å². The van der Waals surface area contributed by atoms with Crippen molar-refractivity contribution in [1.82, 2.24) is 15.0 Å². The molecule has 2 N–H and O–H groups in total. The fourth-order valence-corrected chi connectivity index (χ4v) is 4.50. The van der Waals surface area contributed by atoms with Crippen molar-refractivity contribution in [1.29, 1.82) is 0 Å². The van der Waals surface area contributed by atoms with Crippen LogP contribution in [0.2, 0.25) is 0 Å². The van der Waals surface area contributed by atoms with Gasteiger partial charge in [0.25, 0.3) is 11.9 Å². The number of amides is 1. The second-order valence-corrected chi connectivity index (χ2v) is 8.97. The van der Waals surface area contributed by atoms with Gasteiger partial charge in [-0.2, -0.15) is 4.98 Å². The molecule has 2 aliphatic rings. The third kappa shape index (κ3) is 4.38. The molecule has 0 aromatic carbocycles. The highest BCUT2D eigenvalue weighted by molar-refractivity contribution is 6.05. The molecular formula is C25H26N6O5. The molecule has 11 heteroatoms. The van der Waals surface area contributed by atoms with Gasteiger partial charge in [-0.25, -0.2) is 4.98 Å². The monoisotopic (exact) mass is 490 g/mol. The van der Waals surface area contributed by atoms with Crippen LogP contribution in [0.1, 0.15) is 22.7 Å². The van der Waals surface area contributed by atoms with Crippen LogP contribution in [0.4, 0.5) is 17.5 Å². The Bertz CT molecular complexity index is 1410. The molecule has 0 radical (unpaired) electrons. The van der Waals surface area contributed by atoms with Crippen LogP contribution in [0.3, 0.4) is 0 Å². The van der Waals surface area contributed by atoms with Crippen molar-refractivity contribution in [2.75, 3.05) is 54.5 Å². The number of carbonyl (C=O) groups is 1. The van der Waals surface area contributed by atoms with E-state index in [0.29, 0.717) is 80.3 Å². The maximum atomic E-state index is 13.2. The van der Waals surface area contributed by atoms with Crippen LogP contribution in [-0.2, 0) is 4.74 Å². The Kier molecular flexibility index (Phi) is 5.78. The molecule has 2 saturated heterocycles. The average Bonchev–Trinajstić information content (AvgIpc) is 3.63. The van der Waals surface area contributed by atoms with E-state index < -0.39 is 12.0 Å². The first-order valence-corrected chi connectivity index (χ1v) is 11.9. The summed E-state index contributed by atoms with van der Waals surface area (Å²) in [5.41, 5.74) is 3.06. The standard InChI is InChI=1S/C25H26N6O5/c1-15-12-16(4-6-26-15)19-2-3-20(35-19)24(33)27-18-13-21-22(28-23(18)31-7-5-17(32)14-31)29-25(36-21)30-8-10-34-11-9-30/h2-4,6,12-13,17,32H,5,7-11,14H2,1H3,(H,27,33). The molecule has 11 nitrogen and oxygen atoms in total. The summed E-state index contributed by atoms with van der Waals surface area (Å²) in [6.07, 6.45) is 1.87. The normalized spacial score (nSPS) is 18.2. The van der Waals surface area contributed by atoms with Crippen LogP contribution in [0.5, 0.6) is 0 Å². The summed E-state index contributed by atoms with van der Waals surface area (Å²) >= 11 is 0. The highest BCUT2D eigenvalue weighted by Crippen LogP contribution is 2.33. The number of rotatable bonds is 5. The van der Waals surface area contributed by atoms with Crippen LogP contribution < -0.4 is 15.1 Å². The zero-order valence-electron chi connectivity index (χ0n) is 19.8. The van der Waals surface area contributed by atoms with E-state index in [-0.39, 0.29) is 5.76 Å². The van der Waals surface area contributed by atoms with E-state index in [2.05, 4.69) is 15.3 Å². The minimum Gasteiger partial charge on any atom is -0.451 e. The smallest absolute Gasteiger partial charge is 0.300 e. The number of hydrogen-bond donors (Lipinski definition) is 2. The van der Waals surface area contributed by atoms with E-state index in [1.807, 2.05) is 28.9 Å². The number of nitrogens with zero attached hydrogens (tertiary/aromatic N) is 5. The van der Waals surface area contributed by atoms with Crippen molar-refractivity contribution in [3.8, 4) is 11.3 Å². The van der Waals surface area contributed by atoms with Crippen LogP contribution in [0, 0.1) is 6.92 Å². The summed E-state index contributed by atoms with van der Waals surface area (Å²) in [6, 6.07) is 9.32. The highest BCUT2D eigenvalue weighted by atomic mass is 16.5. The lowest BCUT2D eigenvalue weighted by Gasteiger charge is -2.24. The van der Waals surface area contributed by atoms with Crippen molar-refractivity contribution in [2.24, 2.45) is 0 Å². The predicted octanol–water partition coefficient (Wildman–Crippen LogP) is 2.85. The molecule has 4 aromatic heterocycles. The van der Waals surface area contributed by atoms with Gasteiger partial charge in [-0.3, -0.25) is 9.78 Å². The molecule has 2 fully saturated rings. The van der Waals surface area contributed by atoms with Gasteiger partial charge >= 0.3 is 0 Å². The van der Waals surface area contributed by atoms with Crippen molar-refractivity contribution in [3.63, 3.8) is 0 Å². The number of furan rings is 1. The first-order chi connectivity index (χ1) is 17.5. The van der Waals surface area contributed by atoms with Crippen molar-refractivity contribution < 1.29 is 23.5 Å².